The molecule has 156 valence electrons. The van der Waals surface area contributed by atoms with Crippen molar-refractivity contribution >= 4 is 11.6 Å². The van der Waals surface area contributed by atoms with Gasteiger partial charge in [0.2, 0.25) is 0 Å². The van der Waals surface area contributed by atoms with E-state index in [4.69, 9.17) is 21.1 Å². The first kappa shape index (κ1) is 19.4. The first-order valence-electron chi connectivity index (χ1n) is 10.6. The van der Waals surface area contributed by atoms with E-state index in [9.17, 15) is 0 Å². The molecular weight excluding hydrogens is 386 g/mol. The molecule has 2 unspecified atom stereocenters. The zero-order chi connectivity index (χ0) is 20.2. The summed E-state index contributed by atoms with van der Waals surface area (Å²) < 4.78 is 15.1. The molecule has 0 saturated carbocycles. The van der Waals surface area contributed by atoms with Crippen molar-refractivity contribution in [3.05, 3.63) is 47.0 Å². The predicted molar refractivity (Wildman–Crippen MR) is 113 cm³/mol. The molecule has 4 heterocycles. The van der Waals surface area contributed by atoms with Gasteiger partial charge < -0.3 is 14.0 Å². The van der Waals surface area contributed by atoms with Crippen LogP contribution in [0, 0.1) is 11.3 Å². The van der Waals surface area contributed by atoms with Gasteiger partial charge in [0.05, 0.1) is 24.7 Å². The summed E-state index contributed by atoms with van der Waals surface area (Å²) in [5, 5.41) is 0.748. The van der Waals surface area contributed by atoms with Crippen molar-refractivity contribution < 1.29 is 9.47 Å². The standard InChI is InChI=1S/C23H30ClN3O2/c1-22(2)19-11-23(6-8-27(9-7-23)13-17-12-25-15-26(17)3)14-28-21(19)18-10-16(24)4-5-20(18)29-22/h4-5,10,12,15,19,21H,6-9,11,13-14H2,1-3H3. The molecule has 1 spiro atoms. The molecule has 1 aromatic carbocycles. The average Bonchev–Trinajstić information content (AvgIpc) is 3.09. The van der Waals surface area contributed by atoms with Crippen LogP contribution in [-0.2, 0) is 18.3 Å². The van der Waals surface area contributed by atoms with Gasteiger partial charge in [-0.3, -0.25) is 4.90 Å². The third-order valence-electron chi connectivity index (χ3n) is 7.35. The van der Waals surface area contributed by atoms with Crippen LogP contribution in [0.5, 0.6) is 5.75 Å². The molecule has 1 aromatic heterocycles. The molecule has 29 heavy (non-hydrogen) atoms. The van der Waals surface area contributed by atoms with E-state index in [0.717, 1.165) is 49.0 Å². The lowest BCUT2D eigenvalue weighted by atomic mass is 9.64. The molecule has 2 saturated heterocycles. The van der Waals surface area contributed by atoms with E-state index >= 15 is 0 Å². The van der Waals surface area contributed by atoms with Gasteiger partial charge in [0.15, 0.2) is 0 Å². The second-order valence-electron chi connectivity index (χ2n) is 9.70. The van der Waals surface area contributed by atoms with Crippen LogP contribution in [-0.4, -0.2) is 39.7 Å². The number of ether oxygens (including phenoxy) is 2. The number of imidazole rings is 1. The molecule has 3 aliphatic heterocycles. The molecule has 0 radical (unpaired) electrons. The summed E-state index contributed by atoms with van der Waals surface area (Å²) >= 11 is 6.28. The molecule has 2 fully saturated rings. The van der Waals surface area contributed by atoms with Gasteiger partial charge in [-0.05, 0) is 69.8 Å². The van der Waals surface area contributed by atoms with Crippen molar-refractivity contribution in [2.75, 3.05) is 19.7 Å². The van der Waals surface area contributed by atoms with Gasteiger partial charge in [0, 0.05) is 36.3 Å². The summed E-state index contributed by atoms with van der Waals surface area (Å²) in [5.74, 6) is 1.26. The fourth-order valence-electron chi connectivity index (χ4n) is 5.43. The number of aryl methyl sites for hydroxylation is 1. The smallest absolute Gasteiger partial charge is 0.126 e. The number of hydrogen-bond donors (Lipinski definition) is 0. The Kier molecular flexibility index (Phi) is 4.68. The maximum absolute atomic E-state index is 6.58. The van der Waals surface area contributed by atoms with Crippen LogP contribution in [0.15, 0.2) is 30.7 Å². The largest absolute Gasteiger partial charge is 0.487 e. The third-order valence-corrected chi connectivity index (χ3v) is 7.59. The molecular formula is C23H30ClN3O2. The normalized spacial score (nSPS) is 27.9. The summed E-state index contributed by atoms with van der Waals surface area (Å²) in [6, 6.07) is 5.91. The highest BCUT2D eigenvalue weighted by Gasteiger charge is 2.52. The van der Waals surface area contributed by atoms with Crippen molar-refractivity contribution in [2.24, 2.45) is 18.4 Å². The second kappa shape index (κ2) is 7.00. The Morgan fingerprint density at radius 2 is 2.03 bits per heavy atom. The molecule has 0 amide bonds. The molecule has 3 aliphatic rings. The van der Waals surface area contributed by atoms with E-state index in [1.807, 2.05) is 30.7 Å². The minimum atomic E-state index is -0.245. The van der Waals surface area contributed by atoms with Crippen LogP contribution >= 0.6 is 11.6 Å². The van der Waals surface area contributed by atoms with Crippen LogP contribution in [0.25, 0.3) is 0 Å². The Morgan fingerprint density at radius 3 is 2.76 bits per heavy atom. The van der Waals surface area contributed by atoms with E-state index in [2.05, 4.69) is 35.3 Å². The lowest BCUT2D eigenvalue weighted by Crippen LogP contribution is -2.54. The average molecular weight is 416 g/mol. The van der Waals surface area contributed by atoms with E-state index in [-0.39, 0.29) is 17.1 Å². The molecule has 0 aliphatic carbocycles. The van der Waals surface area contributed by atoms with Gasteiger partial charge in [0.1, 0.15) is 11.4 Å². The number of nitrogens with zero attached hydrogens (tertiary/aromatic N) is 3. The Morgan fingerprint density at radius 1 is 1.24 bits per heavy atom. The Hall–Kier alpha value is -1.56. The molecule has 5 rings (SSSR count). The molecule has 0 bridgehead atoms. The van der Waals surface area contributed by atoms with E-state index in [0.29, 0.717) is 5.92 Å². The minimum absolute atomic E-state index is 0.0746. The fraction of sp³-hybridized carbons (Fsp3) is 0.609. The van der Waals surface area contributed by atoms with Gasteiger partial charge in [-0.2, -0.15) is 0 Å². The molecule has 0 N–H and O–H groups in total. The number of benzene rings is 1. The van der Waals surface area contributed by atoms with Crippen LogP contribution in [0.4, 0.5) is 0 Å². The molecule has 6 heteroatoms. The Balaban J connectivity index is 1.31. The van der Waals surface area contributed by atoms with Gasteiger partial charge in [-0.15, -0.1) is 0 Å². The van der Waals surface area contributed by atoms with E-state index < -0.39 is 0 Å². The minimum Gasteiger partial charge on any atom is -0.487 e. The number of fused-ring (bicyclic) bond motifs is 3. The topological polar surface area (TPSA) is 39.5 Å². The summed E-state index contributed by atoms with van der Waals surface area (Å²) in [6.45, 7) is 8.44. The van der Waals surface area contributed by atoms with Crippen LogP contribution in [0.1, 0.15) is 50.5 Å². The maximum Gasteiger partial charge on any atom is 0.126 e. The number of likely N-dealkylation sites (tertiary alicyclic amines) is 1. The van der Waals surface area contributed by atoms with Crippen LogP contribution in [0.2, 0.25) is 5.02 Å². The van der Waals surface area contributed by atoms with Crippen molar-refractivity contribution in [3.63, 3.8) is 0 Å². The van der Waals surface area contributed by atoms with Crippen molar-refractivity contribution in [3.8, 4) is 5.75 Å². The third kappa shape index (κ3) is 3.47. The number of rotatable bonds is 2. The number of aromatic nitrogens is 2. The first-order valence-corrected chi connectivity index (χ1v) is 11.0. The maximum atomic E-state index is 6.58. The zero-order valence-electron chi connectivity index (χ0n) is 17.5. The predicted octanol–water partition coefficient (Wildman–Crippen LogP) is 4.60. The Bertz CT molecular complexity index is 901. The van der Waals surface area contributed by atoms with E-state index in [1.54, 1.807) is 0 Å². The number of halogens is 1. The summed E-state index contributed by atoms with van der Waals surface area (Å²) in [5.41, 5.74) is 2.40. The van der Waals surface area contributed by atoms with Gasteiger partial charge in [-0.25, -0.2) is 4.98 Å². The lowest BCUT2D eigenvalue weighted by molar-refractivity contribution is -0.174. The van der Waals surface area contributed by atoms with Gasteiger partial charge >= 0.3 is 0 Å². The van der Waals surface area contributed by atoms with Crippen molar-refractivity contribution in [1.82, 2.24) is 14.5 Å². The molecule has 5 nitrogen and oxygen atoms in total. The fourth-order valence-corrected chi connectivity index (χ4v) is 5.61. The number of hydrogen-bond acceptors (Lipinski definition) is 4. The van der Waals surface area contributed by atoms with Crippen molar-refractivity contribution in [1.29, 1.82) is 0 Å². The van der Waals surface area contributed by atoms with Crippen molar-refractivity contribution in [2.45, 2.75) is 51.4 Å². The highest BCUT2D eigenvalue weighted by Crippen LogP contribution is 2.55. The van der Waals surface area contributed by atoms with E-state index in [1.165, 1.54) is 18.5 Å². The number of piperidine rings is 1. The quantitative estimate of drug-likeness (QED) is 0.718. The van der Waals surface area contributed by atoms with Gasteiger partial charge in [-0.1, -0.05) is 11.6 Å². The van der Waals surface area contributed by atoms with Crippen LogP contribution in [0.3, 0.4) is 0 Å². The SMILES string of the molecule is Cn1cncc1CN1CCC2(CC1)COC1c3cc(Cl)ccc3OC(C)(C)C1C2. The highest BCUT2D eigenvalue weighted by molar-refractivity contribution is 6.30. The second-order valence-corrected chi connectivity index (χ2v) is 10.1. The molecule has 2 atom stereocenters. The van der Waals surface area contributed by atoms with Gasteiger partial charge in [0.25, 0.3) is 0 Å². The zero-order valence-corrected chi connectivity index (χ0v) is 18.3. The Labute approximate surface area is 178 Å². The summed E-state index contributed by atoms with van der Waals surface area (Å²) in [4.78, 5) is 6.80. The molecule has 2 aromatic rings. The summed E-state index contributed by atoms with van der Waals surface area (Å²) in [6.07, 6.45) is 7.43. The summed E-state index contributed by atoms with van der Waals surface area (Å²) in [7, 11) is 2.07. The van der Waals surface area contributed by atoms with Crippen LogP contribution < -0.4 is 4.74 Å². The lowest BCUT2D eigenvalue weighted by Gasteiger charge is -2.54. The monoisotopic (exact) mass is 415 g/mol. The first-order chi connectivity index (χ1) is 13.9. The highest BCUT2D eigenvalue weighted by atomic mass is 35.5.